The molecule has 0 spiro atoms. The van der Waals surface area contributed by atoms with Crippen molar-refractivity contribution < 1.29 is 19.0 Å². The highest BCUT2D eigenvalue weighted by molar-refractivity contribution is 5.94. The van der Waals surface area contributed by atoms with Crippen LogP contribution in [0.25, 0.3) is 0 Å². The Balaban J connectivity index is 1.28. The lowest BCUT2D eigenvalue weighted by Crippen LogP contribution is -2.28. The van der Waals surface area contributed by atoms with E-state index < -0.39 is 6.10 Å². The molecular weight excluding hydrogens is 401 g/mol. The number of amides is 1. The molecule has 9 heteroatoms. The number of aliphatic hydroxyl groups excluding tert-OH is 1. The van der Waals surface area contributed by atoms with Crippen molar-refractivity contribution in [1.29, 1.82) is 0 Å². The zero-order valence-electron chi connectivity index (χ0n) is 17.2. The van der Waals surface area contributed by atoms with Gasteiger partial charge in [-0.15, -0.1) is 10.2 Å². The molecule has 1 N–H and O–H groups in total. The molecule has 162 valence electrons. The number of nitrogens with zero attached hydrogens (tertiary/aromatic N) is 5. The third-order valence-electron chi connectivity index (χ3n) is 5.29. The number of hydrogen-bond acceptors (Lipinski definition) is 6. The summed E-state index contributed by atoms with van der Waals surface area (Å²) in [6.07, 6.45) is 0.0688. The predicted octanol–water partition coefficient (Wildman–Crippen LogP) is 2.19. The van der Waals surface area contributed by atoms with Gasteiger partial charge in [0.2, 0.25) is 0 Å². The molecule has 1 unspecified atom stereocenters. The highest BCUT2D eigenvalue weighted by Crippen LogP contribution is 2.28. The van der Waals surface area contributed by atoms with Gasteiger partial charge >= 0.3 is 0 Å². The van der Waals surface area contributed by atoms with Crippen LogP contribution < -0.4 is 4.74 Å². The number of hydrogen-bond donors (Lipinski definition) is 1. The summed E-state index contributed by atoms with van der Waals surface area (Å²) in [7, 11) is 0. The average Bonchev–Trinajstić information content (AvgIpc) is 3.42. The van der Waals surface area contributed by atoms with Crippen LogP contribution in [0.2, 0.25) is 0 Å². The molecule has 1 aromatic heterocycles. The maximum atomic E-state index is 13.1. The molecule has 0 saturated carbocycles. The Bertz CT molecular complexity index is 1020. The number of aliphatic hydroxyl groups is 1. The molecule has 2 aromatic carbocycles. The molecule has 0 radical (unpaired) electrons. The van der Waals surface area contributed by atoms with E-state index in [1.54, 1.807) is 43.3 Å². The van der Waals surface area contributed by atoms with Crippen LogP contribution in [0.4, 0.5) is 4.39 Å². The lowest BCUT2D eigenvalue weighted by atomic mass is 9.99. The van der Waals surface area contributed by atoms with Gasteiger partial charge in [-0.1, -0.05) is 12.1 Å². The number of aromatic nitrogens is 4. The van der Waals surface area contributed by atoms with Crippen molar-refractivity contribution in [3.05, 3.63) is 71.3 Å². The smallest absolute Gasteiger partial charge is 0.253 e. The van der Waals surface area contributed by atoms with Crippen molar-refractivity contribution in [2.24, 2.45) is 0 Å². The molecule has 2 atom stereocenters. The molecule has 1 aliphatic heterocycles. The van der Waals surface area contributed by atoms with Gasteiger partial charge in [-0.2, -0.15) is 4.80 Å². The maximum Gasteiger partial charge on any atom is 0.253 e. The van der Waals surface area contributed by atoms with Crippen LogP contribution in [-0.2, 0) is 6.54 Å². The summed E-state index contributed by atoms with van der Waals surface area (Å²) in [4.78, 5) is 16.0. The third kappa shape index (κ3) is 5.24. The first-order valence-electron chi connectivity index (χ1n) is 10.2. The molecule has 1 aliphatic rings. The molecule has 8 nitrogen and oxygen atoms in total. The normalized spacial score (nSPS) is 17.0. The molecule has 2 heterocycles. The Morgan fingerprint density at radius 1 is 1.23 bits per heavy atom. The number of ether oxygens (including phenoxy) is 1. The van der Waals surface area contributed by atoms with Gasteiger partial charge in [-0.25, -0.2) is 4.39 Å². The van der Waals surface area contributed by atoms with E-state index in [1.807, 2.05) is 4.90 Å². The zero-order chi connectivity index (χ0) is 21.8. The van der Waals surface area contributed by atoms with Gasteiger partial charge in [0, 0.05) is 24.6 Å². The van der Waals surface area contributed by atoms with E-state index >= 15 is 0 Å². The Morgan fingerprint density at radius 2 is 1.97 bits per heavy atom. The minimum Gasteiger partial charge on any atom is -0.491 e. The molecule has 0 aliphatic carbocycles. The van der Waals surface area contributed by atoms with E-state index in [9.17, 15) is 14.3 Å². The lowest BCUT2D eigenvalue weighted by molar-refractivity contribution is 0.0788. The highest BCUT2D eigenvalue weighted by Gasteiger charge is 2.28. The van der Waals surface area contributed by atoms with Crippen molar-refractivity contribution in [2.45, 2.75) is 31.9 Å². The van der Waals surface area contributed by atoms with Crippen molar-refractivity contribution in [2.75, 3.05) is 19.7 Å². The van der Waals surface area contributed by atoms with E-state index in [4.69, 9.17) is 4.74 Å². The number of aryl methyl sites for hydroxylation is 1. The van der Waals surface area contributed by atoms with Gasteiger partial charge in [0.1, 0.15) is 24.3 Å². The summed E-state index contributed by atoms with van der Waals surface area (Å²) in [5, 5.41) is 21.6. The lowest BCUT2D eigenvalue weighted by Gasteiger charge is -2.17. The Hall–Kier alpha value is -3.33. The molecule has 1 amide bonds. The minimum absolute atomic E-state index is 0.0381. The summed E-state index contributed by atoms with van der Waals surface area (Å²) >= 11 is 0. The maximum absolute atomic E-state index is 13.1. The molecule has 1 fully saturated rings. The van der Waals surface area contributed by atoms with Crippen LogP contribution in [0, 0.1) is 12.7 Å². The number of halogens is 1. The summed E-state index contributed by atoms with van der Waals surface area (Å²) in [5.41, 5.74) is 1.63. The second-order valence-electron chi connectivity index (χ2n) is 7.67. The van der Waals surface area contributed by atoms with Gasteiger partial charge in [-0.3, -0.25) is 4.79 Å². The molecule has 0 bridgehead atoms. The molecular formula is C22H24FN5O3. The fourth-order valence-corrected chi connectivity index (χ4v) is 3.66. The van der Waals surface area contributed by atoms with Crippen LogP contribution >= 0.6 is 0 Å². The predicted molar refractivity (Wildman–Crippen MR) is 110 cm³/mol. The van der Waals surface area contributed by atoms with Gasteiger partial charge in [0.05, 0.1) is 6.54 Å². The number of benzene rings is 2. The van der Waals surface area contributed by atoms with Gasteiger partial charge in [-0.05, 0) is 60.5 Å². The van der Waals surface area contributed by atoms with E-state index in [0.717, 1.165) is 12.0 Å². The van der Waals surface area contributed by atoms with E-state index in [-0.39, 0.29) is 30.8 Å². The monoisotopic (exact) mass is 425 g/mol. The SMILES string of the molecule is Cc1nnn(CC(O)COc2ccc(C(=O)N3CC[C@H](c4ccc(F)cc4)C3)cc2)n1. The number of tetrazole rings is 1. The topological polar surface area (TPSA) is 93.4 Å². The second kappa shape index (κ2) is 9.22. The first kappa shape index (κ1) is 20.9. The summed E-state index contributed by atoms with van der Waals surface area (Å²) < 4.78 is 18.7. The Morgan fingerprint density at radius 3 is 2.65 bits per heavy atom. The van der Waals surface area contributed by atoms with Gasteiger partial charge in [0.15, 0.2) is 5.82 Å². The second-order valence-corrected chi connectivity index (χ2v) is 7.67. The molecule has 31 heavy (non-hydrogen) atoms. The Kier molecular flexibility index (Phi) is 6.22. The number of carbonyl (C=O) groups excluding carboxylic acids is 1. The minimum atomic E-state index is -0.789. The van der Waals surface area contributed by atoms with Crippen molar-refractivity contribution in [3.63, 3.8) is 0 Å². The summed E-state index contributed by atoms with van der Waals surface area (Å²) in [5.74, 6) is 1.02. The molecule has 4 rings (SSSR count). The van der Waals surface area contributed by atoms with E-state index in [2.05, 4.69) is 15.4 Å². The van der Waals surface area contributed by atoms with Crippen molar-refractivity contribution in [1.82, 2.24) is 25.1 Å². The quantitative estimate of drug-likeness (QED) is 0.624. The fourth-order valence-electron chi connectivity index (χ4n) is 3.66. The summed E-state index contributed by atoms with van der Waals surface area (Å²) in [6.45, 7) is 3.26. The Labute approximate surface area is 179 Å². The van der Waals surface area contributed by atoms with Gasteiger partial charge < -0.3 is 14.7 Å². The first-order chi connectivity index (χ1) is 15.0. The van der Waals surface area contributed by atoms with Crippen LogP contribution in [-0.4, -0.2) is 61.9 Å². The van der Waals surface area contributed by atoms with Crippen LogP contribution in [0.15, 0.2) is 48.5 Å². The molecule has 3 aromatic rings. The van der Waals surface area contributed by atoms with Crippen molar-refractivity contribution in [3.8, 4) is 5.75 Å². The number of carbonyl (C=O) groups is 1. The largest absolute Gasteiger partial charge is 0.491 e. The average molecular weight is 425 g/mol. The van der Waals surface area contributed by atoms with Gasteiger partial charge in [0.25, 0.3) is 5.91 Å². The zero-order valence-corrected chi connectivity index (χ0v) is 17.2. The first-order valence-corrected chi connectivity index (χ1v) is 10.2. The number of rotatable bonds is 7. The highest BCUT2D eigenvalue weighted by atomic mass is 19.1. The van der Waals surface area contributed by atoms with Crippen molar-refractivity contribution >= 4 is 5.91 Å². The molecule has 1 saturated heterocycles. The number of likely N-dealkylation sites (tertiary alicyclic amines) is 1. The van der Waals surface area contributed by atoms with E-state index in [0.29, 0.717) is 30.2 Å². The van der Waals surface area contributed by atoms with Crippen LogP contribution in [0.1, 0.15) is 34.1 Å². The van der Waals surface area contributed by atoms with E-state index in [1.165, 1.54) is 16.9 Å². The fraction of sp³-hybridized carbons (Fsp3) is 0.364. The van der Waals surface area contributed by atoms with Crippen LogP contribution in [0.5, 0.6) is 5.75 Å². The standard InChI is InChI=1S/C22H24FN5O3/c1-15-24-26-28(25-15)13-20(29)14-31-21-8-4-17(5-9-21)22(30)27-11-10-18(12-27)16-2-6-19(23)7-3-16/h2-9,18,20,29H,10-14H2,1H3/t18-,20?/m0/s1. The van der Waals surface area contributed by atoms with Crippen LogP contribution in [0.3, 0.4) is 0 Å². The summed E-state index contributed by atoms with van der Waals surface area (Å²) in [6, 6.07) is 13.4. The third-order valence-corrected chi connectivity index (χ3v) is 5.29.